The van der Waals surface area contributed by atoms with E-state index in [0.29, 0.717) is 19.5 Å². The van der Waals surface area contributed by atoms with Crippen LogP contribution in [0.2, 0.25) is 0 Å². The first kappa shape index (κ1) is 18.2. The van der Waals surface area contributed by atoms with Gasteiger partial charge < -0.3 is 11.1 Å². The summed E-state index contributed by atoms with van der Waals surface area (Å²) in [6.07, 6.45) is 1.33. The second-order valence-electron chi connectivity index (χ2n) is 5.92. The highest BCUT2D eigenvalue weighted by molar-refractivity contribution is 5.75. The zero-order valence-corrected chi connectivity index (χ0v) is 14.2. The molecule has 0 unspecified atom stereocenters. The van der Waals surface area contributed by atoms with Gasteiger partial charge in [0.25, 0.3) is 0 Å². The first-order chi connectivity index (χ1) is 11.8. The second kappa shape index (κ2) is 10.6. The molecule has 0 aromatic heterocycles. The largest absolute Gasteiger partial charge is 0.356 e. The molecule has 1 amide bonds. The number of carbonyl (C=O) groups is 1. The third-order valence-corrected chi connectivity index (χ3v) is 3.84. The van der Waals surface area contributed by atoms with Crippen LogP contribution in [-0.2, 0) is 17.9 Å². The molecular formula is C20H27N3O. The van der Waals surface area contributed by atoms with E-state index in [4.69, 9.17) is 5.73 Å². The third kappa shape index (κ3) is 6.94. The number of hydrogen-bond acceptors (Lipinski definition) is 3. The van der Waals surface area contributed by atoms with Gasteiger partial charge in [0.15, 0.2) is 0 Å². The maximum absolute atomic E-state index is 11.5. The Morgan fingerprint density at radius 1 is 0.917 bits per heavy atom. The standard InChI is InChI=1S/C20H27N3O/c21-13-12-20(24)22-14-7-15-23(16-18-8-3-1-4-9-18)17-19-10-5-2-6-11-19/h1-6,8-11H,7,12-17,21H2,(H,22,24). The van der Waals surface area contributed by atoms with E-state index in [9.17, 15) is 4.79 Å². The van der Waals surface area contributed by atoms with Crippen molar-refractivity contribution in [2.75, 3.05) is 19.6 Å². The number of benzene rings is 2. The number of amides is 1. The van der Waals surface area contributed by atoms with Gasteiger partial charge in [-0.15, -0.1) is 0 Å². The van der Waals surface area contributed by atoms with Crippen LogP contribution in [0.4, 0.5) is 0 Å². The number of hydrogen-bond donors (Lipinski definition) is 2. The van der Waals surface area contributed by atoms with E-state index in [2.05, 4.69) is 58.7 Å². The van der Waals surface area contributed by atoms with Gasteiger partial charge in [-0.2, -0.15) is 0 Å². The minimum atomic E-state index is 0.0372. The zero-order valence-electron chi connectivity index (χ0n) is 14.2. The maximum atomic E-state index is 11.5. The molecule has 2 aromatic rings. The van der Waals surface area contributed by atoms with Gasteiger partial charge in [0.1, 0.15) is 0 Å². The van der Waals surface area contributed by atoms with Crippen molar-refractivity contribution in [3.8, 4) is 0 Å². The molecule has 0 radical (unpaired) electrons. The molecule has 0 fully saturated rings. The molecule has 24 heavy (non-hydrogen) atoms. The van der Waals surface area contributed by atoms with Crippen LogP contribution in [0.5, 0.6) is 0 Å². The first-order valence-corrected chi connectivity index (χ1v) is 8.55. The molecule has 0 saturated heterocycles. The lowest BCUT2D eigenvalue weighted by molar-refractivity contribution is -0.120. The normalized spacial score (nSPS) is 10.8. The van der Waals surface area contributed by atoms with E-state index in [1.807, 2.05) is 12.1 Å². The van der Waals surface area contributed by atoms with Gasteiger partial charge in [0, 0.05) is 39.1 Å². The summed E-state index contributed by atoms with van der Waals surface area (Å²) in [5, 5.41) is 2.92. The fourth-order valence-electron chi connectivity index (χ4n) is 2.65. The quantitative estimate of drug-likeness (QED) is 0.660. The van der Waals surface area contributed by atoms with Crippen LogP contribution in [0.1, 0.15) is 24.0 Å². The number of nitrogens with zero attached hydrogens (tertiary/aromatic N) is 1. The van der Waals surface area contributed by atoms with E-state index >= 15 is 0 Å². The average molecular weight is 325 g/mol. The molecule has 0 aliphatic rings. The van der Waals surface area contributed by atoms with Crippen LogP contribution in [-0.4, -0.2) is 30.4 Å². The lowest BCUT2D eigenvalue weighted by Gasteiger charge is -2.22. The zero-order chi connectivity index (χ0) is 17.0. The van der Waals surface area contributed by atoms with Gasteiger partial charge in [0.05, 0.1) is 0 Å². The van der Waals surface area contributed by atoms with E-state index in [-0.39, 0.29) is 5.91 Å². The van der Waals surface area contributed by atoms with Crippen molar-refractivity contribution in [3.05, 3.63) is 71.8 Å². The Morgan fingerprint density at radius 3 is 1.96 bits per heavy atom. The highest BCUT2D eigenvalue weighted by atomic mass is 16.1. The Balaban J connectivity index is 1.86. The summed E-state index contributed by atoms with van der Waals surface area (Å²) in [7, 11) is 0. The minimum absolute atomic E-state index is 0.0372. The highest BCUT2D eigenvalue weighted by Crippen LogP contribution is 2.10. The number of nitrogens with two attached hydrogens (primary N) is 1. The van der Waals surface area contributed by atoms with Crippen LogP contribution < -0.4 is 11.1 Å². The van der Waals surface area contributed by atoms with Gasteiger partial charge in [0.2, 0.25) is 5.91 Å². The van der Waals surface area contributed by atoms with Crippen molar-refractivity contribution < 1.29 is 4.79 Å². The van der Waals surface area contributed by atoms with E-state index in [1.165, 1.54) is 11.1 Å². The Bertz CT molecular complexity index is 545. The molecule has 0 spiro atoms. The van der Waals surface area contributed by atoms with Crippen molar-refractivity contribution in [2.24, 2.45) is 5.73 Å². The molecule has 128 valence electrons. The van der Waals surface area contributed by atoms with Gasteiger partial charge in [-0.05, 0) is 17.5 Å². The summed E-state index contributed by atoms with van der Waals surface area (Å²) in [5.74, 6) is 0.0372. The van der Waals surface area contributed by atoms with Crippen molar-refractivity contribution in [1.82, 2.24) is 10.2 Å². The Hall–Kier alpha value is -2.17. The third-order valence-electron chi connectivity index (χ3n) is 3.84. The van der Waals surface area contributed by atoms with Crippen molar-refractivity contribution >= 4 is 5.91 Å². The topological polar surface area (TPSA) is 58.4 Å². The predicted molar refractivity (Wildman–Crippen MR) is 98.3 cm³/mol. The molecular weight excluding hydrogens is 298 g/mol. The van der Waals surface area contributed by atoms with E-state index < -0.39 is 0 Å². The molecule has 3 N–H and O–H groups in total. The van der Waals surface area contributed by atoms with Crippen LogP contribution >= 0.6 is 0 Å². The molecule has 4 nitrogen and oxygen atoms in total. The number of carbonyl (C=O) groups excluding carboxylic acids is 1. The molecule has 4 heteroatoms. The van der Waals surface area contributed by atoms with Gasteiger partial charge in [-0.1, -0.05) is 60.7 Å². The fraction of sp³-hybridized carbons (Fsp3) is 0.350. The Labute approximate surface area is 144 Å². The Morgan fingerprint density at radius 2 is 1.46 bits per heavy atom. The second-order valence-corrected chi connectivity index (χ2v) is 5.92. The molecule has 0 saturated carbocycles. The average Bonchev–Trinajstić information content (AvgIpc) is 2.61. The van der Waals surface area contributed by atoms with Gasteiger partial charge in [-0.25, -0.2) is 0 Å². The minimum Gasteiger partial charge on any atom is -0.356 e. The molecule has 0 heterocycles. The first-order valence-electron chi connectivity index (χ1n) is 8.55. The van der Waals surface area contributed by atoms with Crippen LogP contribution in [0.25, 0.3) is 0 Å². The lowest BCUT2D eigenvalue weighted by atomic mass is 10.1. The molecule has 2 aromatic carbocycles. The van der Waals surface area contributed by atoms with Crippen molar-refractivity contribution in [3.63, 3.8) is 0 Å². The molecule has 0 aliphatic heterocycles. The van der Waals surface area contributed by atoms with Crippen LogP contribution in [0.15, 0.2) is 60.7 Å². The van der Waals surface area contributed by atoms with E-state index in [1.54, 1.807) is 0 Å². The van der Waals surface area contributed by atoms with E-state index in [0.717, 1.165) is 26.1 Å². The van der Waals surface area contributed by atoms with Crippen molar-refractivity contribution in [2.45, 2.75) is 25.9 Å². The van der Waals surface area contributed by atoms with Gasteiger partial charge >= 0.3 is 0 Å². The maximum Gasteiger partial charge on any atom is 0.221 e. The fourth-order valence-corrected chi connectivity index (χ4v) is 2.65. The summed E-state index contributed by atoms with van der Waals surface area (Å²) in [5.41, 5.74) is 8.00. The summed E-state index contributed by atoms with van der Waals surface area (Å²) in [6, 6.07) is 21.0. The number of rotatable bonds is 10. The van der Waals surface area contributed by atoms with Gasteiger partial charge in [-0.3, -0.25) is 9.69 Å². The molecule has 0 bridgehead atoms. The van der Waals surface area contributed by atoms with Crippen molar-refractivity contribution in [1.29, 1.82) is 0 Å². The Kier molecular flexibility index (Phi) is 8.01. The summed E-state index contributed by atoms with van der Waals surface area (Å²) in [4.78, 5) is 13.9. The smallest absolute Gasteiger partial charge is 0.221 e. The molecule has 0 aliphatic carbocycles. The lowest BCUT2D eigenvalue weighted by Crippen LogP contribution is -2.30. The summed E-state index contributed by atoms with van der Waals surface area (Å²) < 4.78 is 0. The molecule has 2 rings (SSSR count). The summed E-state index contributed by atoms with van der Waals surface area (Å²) >= 11 is 0. The summed E-state index contributed by atoms with van der Waals surface area (Å²) in [6.45, 7) is 3.85. The monoisotopic (exact) mass is 325 g/mol. The number of nitrogens with one attached hydrogen (secondary N) is 1. The molecule has 0 atom stereocenters. The predicted octanol–water partition coefficient (Wildman–Crippen LogP) is 2.54. The van der Waals surface area contributed by atoms with Crippen LogP contribution in [0, 0.1) is 0 Å². The SMILES string of the molecule is NCCC(=O)NCCCN(Cc1ccccc1)Cc1ccccc1. The highest BCUT2D eigenvalue weighted by Gasteiger charge is 2.07. The van der Waals surface area contributed by atoms with Crippen LogP contribution in [0.3, 0.4) is 0 Å².